The number of halogens is 3. The fourth-order valence-corrected chi connectivity index (χ4v) is 1.64. The van der Waals surface area contributed by atoms with Gasteiger partial charge in [0, 0.05) is 5.69 Å². The summed E-state index contributed by atoms with van der Waals surface area (Å²) in [5, 5.41) is 0. The summed E-state index contributed by atoms with van der Waals surface area (Å²) in [5.41, 5.74) is -0.309. The monoisotopic (exact) mass is 265 g/mol. The fraction of sp³-hybridized carbons (Fsp3) is 0.455. The number of alkyl halides is 3. The third-order valence-electron chi connectivity index (χ3n) is 1.98. The predicted octanol–water partition coefficient (Wildman–Crippen LogP) is 3.58. The summed E-state index contributed by atoms with van der Waals surface area (Å²) in [6.45, 7) is 5.33. The molecule has 0 aliphatic carbocycles. The molecule has 17 heavy (non-hydrogen) atoms. The standard InChI is InChI=1S/C11H14F3NOS/c1-10(2,3)17(16)15-9-6-4-8(5-7-9)11(12,13)14/h4-7,15H,1-3H3/t17-/m0/s1. The minimum Gasteiger partial charge on any atom is -0.305 e. The Morgan fingerprint density at radius 3 is 1.88 bits per heavy atom. The van der Waals surface area contributed by atoms with E-state index in [1.165, 1.54) is 12.1 Å². The van der Waals surface area contributed by atoms with Gasteiger partial charge in [-0.25, -0.2) is 4.21 Å². The Hall–Kier alpha value is -1.04. The molecule has 0 fully saturated rings. The lowest BCUT2D eigenvalue weighted by Crippen LogP contribution is -2.27. The van der Waals surface area contributed by atoms with Crippen molar-refractivity contribution in [1.82, 2.24) is 0 Å². The van der Waals surface area contributed by atoms with Crippen LogP contribution in [0, 0.1) is 0 Å². The Morgan fingerprint density at radius 2 is 1.53 bits per heavy atom. The van der Waals surface area contributed by atoms with Gasteiger partial charge in [-0.1, -0.05) is 0 Å². The molecule has 1 aromatic carbocycles. The van der Waals surface area contributed by atoms with E-state index in [-0.39, 0.29) is 0 Å². The molecule has 0 aliphatic rings. The van der Waals surface area contributed by atoms with Gasteiger partial charge in [-0.05, 0) is 45.0 Å². The fourth-order valence-electron chi connectivity index (χ4n) is 0.987. The number of hydrogen-bond acceptors (Lipinski definition) is 1. The molecule has 0 aromatic heterocycles. The third-order valence-corrected chi connectivity index (χ3v) is 3.51. The molecule has 0 unspecified atom stereocenters. The average molecular weight is 265 g/mol. The molecule has 2 nitrogen and oxygen atoms in total. The molecule has 0 radical (unpaired) electrons. The van der Waals surface area contributed by atoms with E-state index in [0.717, 1.165) is 12.1 Å². The molecule has 0 bridgehead atoms. The van der Waals surface area contributed by atoms with E-state index < -0.39 is 27.5 Å². The van der Waals surface area contributed by atoms with Gasteiger partial charge >= 0.3 is 6.18 Å². The molecule has 6 heteroatoms. The van der Waals surface area contributed by atoms with Crippen LogP contribution in [0.3, 0.4) is 0 Å². The largest absolute Gasteiger partial charge is 0.416 e. The van der Waals surface area contributed by atoms with Crippen molar-refractivity contribution in [3.8, 4) is 0 Å². The first-order chi connectivity index (χ1) is 7.60. The quantitative estimate of drug-likeness (QED) is 0.870. The highest BCUT2D eigenvalue weighted by Gasteiger charge is 2.30. The zero-order valence-corrected chi connectivity index (χ0v) is 10.6. The van der Waals surface area contributed by atoms with E-state index in [4.69, 9.17) is 0 Å². The number of hydrogen-bond donors (Lipinski definition) is 1. The maximum atomic E-state index is 12.3. The molecule has 0 spiro atoms. The molecule has 0 saturated carbocycles. The van der Waals surface area contributed by atoms with Gasteiger partial charge in [-0.3, -0.25) is 0 Å². The summed E-state index contributed by atoms with van der Waals surface area (Å²) in [4.78, 5) is 0. The van der Waals surface area contributed by atoms with Crippen LogP contribution in [-0.4, -0.2) is 8.96 Å². The molecule has 1 rings (SSSR count). The summed E-state index contributed by atoms with van der Waals surface area (Å²) in [6.07, 6.45) is -4.35. The van der Waals surface area contributed by atoms with Crippen LogP contribution in [0.2, 0.25) is 0 Å². The number of benzene rings is 1. The van der Waals surface area contributed by atoms with Crippen LogP contribution in [0.15, 0.2) is 24.3 Å². The van der Waals surface area contributed by atoms with Gasteiger partial charge in [-0.15, -0.1) is 0 Å². The minimum absolute atomic E-state index is 0.409. The van der Waals surface area contributed by atoms with Gasteiger partial charge in [0.05, 0.1) is 10.3 Å². The topological polar surface area (TPSA) is 29.1 Å². The number of rotatable bonds is 2. The summed E-state index contributed by atoms with van der Waals surface area (Å²) < 4.78 is 50.8. The van der Waals surface area contributed by atoms with Crippen LogP contribution in [0.4, 0.5) is 18.9 Å². The van der Waals surface area contributed by atoms with E-state index in [2.05, 4.69) is 4.72 Å². The normalized spacial score (nSPS) is 14.5. The predicted molar refractivity (Wildman–Crippen MR) is 63.0 cm³/mol. The highest BCUT2D eigenvalue weighted by molar-refractivity contribution is 7.87. The van der Waals surface area contributed by atoms with Gasteiger partial charge in [0.1, 0.15) is 11.0 Å². The van der Waals surface area contributed by atoms with Crippen LogP contribution < -0.4 is 4.72 Å². The maximum Gasteiger partial charge on any atom is 0.416 e. The molecule has 1 N–H and O–H groups in total. The Bertz CT molecular complexity index is 406. The second-order valence-corrected chi connectivity index (χ2v) is 6.52. The van der Waals surface area contributed by atoms with E-state index in [9.17, 15) is 17.4 Å². The molecule has 0 heterocycles. The van der Waals surface area contributed by atoms with Crippen molar-refractivity contribution < 1.29 is 17.4 Å². The molecular weight excluding hydrogens is 251 g/mol. The van der Waals surface area contributed by atoms with Gasteiger partial charge in [0.15, 0.2) is 0 Å². The van der Waals surface area contributed by atoms with Crippen molar-refractivity contribution >= 4 is 16.7 Å². The van der Waals surface area contributed by atoms with Crippen molar-refractivity contribution in [2.45, 2.75) is 31.7 Å². The van der Waals surface area contributed by atoms with Crippen LogP contribution in [-0.2, 0) is 17.2 Å². The van der Waals surface area contributed by atoms with Gasteiger partial charge < -0.3 is 4.72 Å². The van der Waals surface area contributed by atoms with Crippen molar-refractivity contribution in [3.63, 3.8) is 0 Å². The van der Waals surface area contributed by atoms with E-state index in [1.54, 1.807) is 20.8 Å². The first kappa shape index (κ1) is 14.0. The second-order valence-electron chi connectivity index (χ2n) is 4.56. The minimum atomic E-state index is -4.35. The Labute approximate surface area is 101 Å². The zero-order valence-electron chi connectivity index (χ0n) is 9.76. The van der Waals surface area contributed by atoms with Crippen molar-refractivity contribution in [2.75, 3.05) is 4.72 Å². The van der Waals surface area contributed by atoms with Crippen LogP contribution in [0.5, 0.6) is 0 Å². The van der Waals surface area contributed by atoms with Crippen molar-refractivity contribution in [1.29, 1.82) is 0 Å². The molecular formula is C11H14F3NOS. The van der Waals surface area contributed by atoms with Crippen LogP contribution in [0.25, 0.3) is 0 Å². The summed E-state index contributed by atoms with van der Waals surface area (Å²) in [7, 11) is -1.35. The summed E-state index contributed by atoms with van der Waals surface area (Å²) >= 11 is 0. The molecule has 1 aromatic rings. The molecule has 1 atom stereocenters. The average Bonchev–Trinajstić information content (AvgIpc) is 2.15. The zero-order chi connectivity index (χ0) is 13.3. The van der Waals surface area contributed by atoms with E-state index in [1.807, 2.05) is 0 Å². The Kier molecular flexibility index (Phi) is 3.86. The van der Waals surface area contributed by atoms with E-state index in [0.29, 0.717) is 5.69 Å². The smallest absolute Gasteiger partial charge is 0.305 e. The second kappa shape index (κ2) is 4.68. The summed E-state index contributed by atoms with van der Waals surface area (Å²) in [5.74, 6) is 0. The van der Waals surface area contributed by atoms with Gasteiger partial charge in [-0.2, -0.15) is 13.2 Å². The van der Waals surface area contributed by atoms with Crippen molar-refractivity contribution in [2.24, 2.45) is 0 Å². The van der Waals surface area contributed by atoms with Gasteiger partial charge in [0.2, 0.25) is 0 Å². The highest BCUT2D eigenvalue weighted by atomic mass is 32.2. The maximum absolute atomic E-state index is 12.3. The number of nitrogens with one attached hydrogen (secondary N) is 1. The lowest BCUT2D eigenvalue weighted by atomic mass is 10.2. The summed E-state index contributed by atoms with van der Waals surface area (Å²) in [6, 6.07) is 4.46. The highest BCUT2D eigenvalue weighted by Crippen LogP contribution is 2.30. The third kappa shape index (κ3) is 4.03. The van der Waals surface area contributed by atoms with E-state index >= 15 is 0 Å². The van der Waals surface area contributed by atoms with Crippen LogP contribution >= 0.6 is 0 Å². The molecule has 0 saturated heterocycles. The Balaban J connectivity index is 2.80. The first-order valence-corrected chi connectivity index (χ1v) is 6.11. The van der Waals surface area contributed by atoms with Crippen LogP contribution in [0.1, 0.15) is 26.3 Å². The Morgan fingerprint density at radius 1 is 1.06 bits per heavy atom. The lowest BCUT2D eigenvalue weighted by molar-refractivity contribution is -0.137. The SMILES string of the molecule is CC(C)(C)[S@](=O)Nc1ccc(C(F)(F)F)cc1. The molecule has 0 aliphatic heterocycles. The number of anilines is 1. The van der Waals surface area contributed by atoms with Gasteiger partial charge in [0.25, 0.3) is 0 Å². The molecule has 96 valence electrons. The van der Waals surface area contributed by atoms with Crippen molar-refractivity contribution in [3.05, 3.63) is 29.8 Å². The molecule has 0 amide bonds. The first-order valence-electron chi connectivity index (χ1n) is 4.96. The lowest BCUT2D eigenvalue weighted by Gasteiger charge is -2.19.